The molecule has 10 heavy (non-hydrogen) atoms. The van der Waals surface area contributed by atoms with Crippen LogP contribution in [0, 0.1) is 5.41 Å². The molecule has 3 N–H and O–H groups in total. The number of aromatic hydroxyl groups is 2. The van der Waals surface area contributed by atoms with Crippen molar-refractivity contribution in [1.82, 2.24) is 0 Å². The molecule has 3 nitrogen and oxygen atoms in total. The molecule has 1 aromatic rings. The summed E-state index contributed by atoms with van der Waals surface area (Å²) in [4.78, 5) is 0. The lowest BCUT2D eigenvalue weighted by atomic mass is 10.2. The number of phenols is 2. The van der Waals surface area contributed by atoms with Crippen molar-refractivity contribution in [3.05, 3.63) is 23.8 Å². The summed E-state index contributed by atoms with van der Waals surface area (Å²) in [6, 6.07) is 4.03. The van der Waals surface area contributed by atoms with Gasteiger partial charge >= 0.3 is 0 Å². The van der Waals surface area contributed by atoms with E-state index >= 15 is 0 Å². The topological polar surface area (TPSA) is 64.3 Å². The largest absolute Gasteiger partial charge is 0.508 e. The van der Waals surface area contributed by atoms with Crippen LogP contribution in [-0.4, -0.2) is 16.4 Å². The molecule has 52 valence electrons. The highest BCUT2D eigenvalue weighted by molar-refractivity contribution is 5.81. The summed E-state index contributed by atoms with van der Waals surface area (Å²) in [6.07, 6.45) is 0.981. The molecule has 0 aliphatic heterocycles. The Morgan fingerprint density at radius 1 is 1.30 bits per heavy atom. The number of hydrogen-bond acceptors (Lipinski definition) is 3. The van der Waals surface area contributed by atoms with Crippen molar-refractivity contribution in [2.45, 2.75) is 0 Å². The highest BCUT2D eigenvalue weighted by atomic mass is 16.3. The van der Waals surface area contributed by atoms with Crippen LogP contribution in [0.25, 0.3) is 0 Å². The van der Waals surface area contributed by atoms with E-state index < -0.39 is 0 Å². The van der Waals surface area contributed by atoms with Crippen LogP contribution in [0.3, 0.4) is 0 Å². The number of hydrogen-bond donors (Lipinski definition) is 3. The molecule has 0 fully saturated rings. The summed E-state index contributed by atoms with van der Waals surface area (Å²) >= 11 is 0. The molecule has 3 heteroatoms. The molecule has 0 atom stereocenters. The second-order valence-corrected chi connectivity index (χ2v) is 1.89. The molecule has 0 bridgehead atoms. The van der Waals surface area contributed by atoms with Crippen molar-refractivity contribution in [3.63, 3.8) is 0 Å². The van der Waals surface area contributed by atoms with Gasteiger partial charge in [-0.15, -0.1) is 0 Å². The fraction of sp³-hybridized carbons (Fsp3) is 0. The van der Waals surface area contributed by atoms with Crippen LogP contribution in [0.5, 0.6) is 11.5 Å². The van der Waals surface area contributed by atoms with Crippen molar-refractivity contribution in [2.75, 3.05) is 0 Å². The van der Waals surface area contributed by atoms with Gasteiger partial charge in [0.15, 0.2) is 0 Å². The van der Waals surface area contributed by atoms with Gasteiger partial charge in [-0.05, 0) is 18.2 Å². The zero-order chi connectivity index (χ0) is 7.56. The van der Waals surface area contributed by atoms with Gasteiger partial charge in [-0.3, -0.25) is 0 Å². The molecule has 0 saturated carbocycles. The van der Waals surface area contributed by atoms with E-state index in [4.69, 9.17) is 15.6 Å². The first-order chi connectivity index (χ1) is 4.74. The summed E-state index contributed by atoms with van der Waals surface area (Å²) in [5.74, 6) is 0.0594. The van der Waals surface area contributed by atoms with Gasteiger partial charge in [0.05, 0.1) is 0 Å². The quantitative estimate of drug-likeness (QED) is 0.400. The molecule has 0 heterocycles. The Kier molecular flexibility index (Phi) is 1.58. The van der Waals surface area contributed by atoms with Crippen LogP contribution in [0.4, 0.5) is 0 Å². The molecule has 0 radical (unpaired) electrons. The Hall–Kier alpha value is -1.51. The minimum Gasteiger partial charge on any atom is -0.508 e. The maximum atomic E-state index is 8.97. The summed E-state index contributed by atoms with van der Waals surface area (Å²) in [7, 11) is 0. The molecule has 0 aliphatic carbocycles. The zero-order valence-electron chi connectivity index (χ0n) is 5.20. The van der Waals surface area contributed by atoms with E-state index in [0.29, 0.717) is 5.56 Å². The minimum atomic E-state index is 0.00722. The van der Waals surface area contributed by atoms with E-state index in [1.807, 2.05) is 0 Å². The van der Waals surface area contributed by atoms with Crippen LogP contribution < -0.4 is 0 Å². The number of nitrogens with one attached hydrogen (secondary N) is 1. The smallest absolute Gasteiger partial charge is 0.124 e. The first-order valence-electron chi connectivity index (χ1n) is 2.76. The summed E-state index contributed by atoms with van der Waals surface area (Å²) < 4.78 is 0. The van der Waals surface area contributed by atoms with Crippen molar-refractivity contribution in [3.8, 4) is 11.5 Å². The van der Waals surface area contributed by atoms with E-state index in [1.165, 1.54) is 18.2 Å². The predicted octanol–water partition coefficient (Wildman–Crippen LogP) is 1.10. The number of benzene rings is 1. The van der Waals surface area contributed by atoms with Gasteiger partial charge in [0.25, 0.3) is 0 Å². The molecular formula is C7H7NO2. The van der Waals surface area contributed by atoms with Gasteiger partial charge in [-0.1, -0.05) is 0 Å². The highest BCUT2D eigenvalue weighted by Gasteiger charge is 1.96. The fourth-order valence-corrected chi connectivity index (χ4v) is 0.658. The van der Waals surface area contributed by atoms with Crippen LogP contribution in [0.2, 0.25) is 0 Å². The highest BCUT2D eigenvalue weighted by Crippen LogP contribution is 2.19. The monoisotopic (exact) mass is 137 g/mol. The Labute approximate surface area is 58.1 Å². The SMILES string of the molecule is N=Cc1cc(O)ccc1O. The van der Waals surface area contributed by atoms with E-state index in [0.717, 1.165) is 6.21 Å². The Balaban J connectivity index is 3.21. The van der Waals surface area contributed by atoms with E-state index in [9.17, 15) is 0 Å². The van der Waals surface area contributed by atoms with E-state index in [1.54, 1.807) is 0 Å². The molecule has 0 saturated heterocycles. The predicted molar refractivity (Wildman–Crippen MR) is 37.7 cm³/mol. The van der Waals surface area contributed by atoms with Crippen molar-refractivity contribution in [1.29, 1.82) is 5.41 Å². The molecular weight excluding hydrogens is 130 g/mol. The van der Waals surface area contributed by atoms with Gasteiger partial charge in [0.1, 0.15) is 11.5 Å². The van der Waals surface area contributed by atoms with Gasteiger partial charge in [0.2, 0.25) is 0 Å². The molecule has 0 unspecified atom stereocenters. The van der Waals surface area contributed by atoms with Gasteiger partial charge in [0, 0.05) is 11.8 Å². The van der Waals surface area contributed by atoms with Crippen LogP contribution in [-0.2, 0) is 0 Å². The lowest BCUT2D eigenvalue weighted by Crippen LogP contribution is -1.79. The van der Waals surface area contributed by atoms with Gasteiger partial charge < -0.3 is 15.6 Å². The molecule has 0 aromatic heterocycles. The normalized spacial score (nSPS) is 9.20. The minimum absolute atomic E-state index is 0.00722. The molecule has 1 rings (SSSR count). The second kappa shape index (κ2) is 2.39. The molecule has 0 amide bonds. The van der Waals surface area contributed by atoms with Crippen molar-refractivity contribution < 1.29 is 10.2 Å². The van der Waals surface area contributed by atoms with Gasteiger partial charge in [-0.2, -0.15) is 0 Å². The Morgan fingerprint density at radius 3 is 2.50 bits per heavy atom. The average molecular weight is 137 g/mol. The van der Waals surface area contributed by atoms with E-state index in [2.05, 4.69) is 0 Å². The third-order valence-electron chi connectivity index (χ3n) is 1.17. The van der Waals surface area contributed by atoms with Gasteiger partial charge in [-0.25, -0.2) is 0 Å². The number of rotatable bonds is 1. The van der Waals surface area contributed by atoms with Crippen molar-refractivity contribution in [2.24, 2.45) is 0 Å². The fourth-order valence-electron chi connectivity index (χ4n) is 0.658. The summed E-state index contributed by atoms with van der Waals surface area (Å²) in [6.45, 7) is 0. The lowest BCUT2D eigenvalue weighted by Gasteiger charge is -1.96. The average Bonchev–Trinajstić information content (AvgIpc) is 1.94. The zero-order valence-corrected chi connectivity index (χ0v) is 5.20. The van der Waals surface area contributed by atoms with Crippen LogP contribution in [0.1, 0.15) is 5.56 Å². The Bertz CT molecular complexity index is 258. The summed E-state index contributed by atoms with van der Waals surface area (Å²) in [5.41, 5.74) is 0.319. The molecule has 0 spiro atoms. The van der Waals surface area contributed by atoms with Crippen molar-refractivity contribution >= 4 is 6.21 Å². The molecule has 1 aromatic carbocycles. The van der Waals surface area contributed by atoms with Crippen LogP contribution in [0.15, 0.2) is 18.2 Å². The summed E-state index contributed by atoms with van der Waals surface area (Å²) in [5, 5.41) is 24.6. The first kappa shape index (κ1) is 6.61. The second-order valence-electron chi connectivity index (χ2n) is 1.89. The maximum absolute atomic E-state index is 8.97. The standard InChI is InChI=1S/C7H7NO2/c8-4-5-3-6(9)1-2-7(5)10/h1-4,8-10H. The molecule has 0 aliphatic rings. The van der Waals surface area contributed by atoms with E-state index in [-0.39, 0.29) is 11.5 Å². The maximum Gasteiger partial charge on any atom is 0.124 e. The Morgan fingerprint density at radius 2 is 2.00 bits per heavy atom. The van der Waals surface area contributed by atoms with Crippen LogP contribution >= 0.6 is 0 Å². The third-order valence-corrected chi connectivity index (χ3v) is 1.17. The third kappa shape index (κ3) is 1.07. The number of phenolic OH excluding ortho intramolecular Hbond substituents is 2. The lowest BCUT2D eigenvalue weighted by molar-refractivity contribution is 0.459. The first-order valence-corrected chi connectivity index (χ1v) is 2.76.